The predicted molar refractivity (Wildman–Crippen MR) is 292 cm³/mol. The predicted octanol–water partition coefficient (Wildman–Crippen LogP) is 3.20. The van der Waals surface area contributed by atoms with Crippen LogP contribution in [0, 0.1) is 0 Å². The van der Waals surface area contributed by atoms with Gasteiger partial charge >= 0.3 is 17.6 Å². The summed E-state index contributed by atoms with van der Waals surface area (Å²) < 4.78 is 138. The molecule has 0 N–H and O–H groups in total. The van der Waals surface area contributed by atoms with Gasteiger partial charge in [0.05, 0.1) is 238 Å². The summed E-state index contributed by atoms with van der Waals surface area (Å²) in [6, 6.07) is 1.16. The zero-order valence-electron chi connectivity index (χ0n) is 47.3. The van der Waals surface area contributed by atoms with E-state index in [0.717, 1.165) is 24.3 Å². The zero-order chi connectivity index (χ0) is 55.1. The first kappa shape index (κ1) is 76.2. The van der Waals surface area contributed by atoms with Gasteiger partial charge in [-0.3, -0.25) is 0 Å². The SMILES string of the molecule is COCCOCCOCCO[Si](CCCSSCCC[Si](OCCOCCOCCOC)(OCCOCCOCCOC)OCCOCCOCCOC)(OCCOCCOCCOC)OCCOCCOCCOC. The van der Waals surface area contributed by atoms with E-state index in [0.29, 0.717) is 210 Å². The molecule has 0 saturated carbocycles. The van der Waals surface area contributed by atoms with Gasteiger partial charge in [-0.25, -0.2) is 0 Å². The fourth-order valence-electron chi connectivity index (χ4n) is 5.82. The molecule has 28 heteroatoms. The van der Waals surface area contributed by atoms with Gasteiger partial charge in [0.1, 0.15) is 0 Å². The second kappa shape index (κ2) is 64.3. The van der Waals surface area contributed by atoms with Gasteiger partial charge in [0.15, 0.2) is 0 Å². The van der Waals surface area contributed by atoms with Crippen LogP contribution in [-0.4, -0.2) is 310 Å². The summed E-state index contributed by atoms with van der Waals surface area (Å²) in [6.45, 7) is 15.2. The highest BCUT2D eigenvalue weighted by molar-refractivity contribution is 8.76. The van der Waals surface area contributed by atoms with Gasteiger partial charge in [-0.05, 0) is 12.8 Å². The lowest BCUT2D eigenvalue weighted by molar-refractivity contribution is -0.0207. The van der Waals surface area contributed by atoms with E-state index in [4.69, 9.17) is 112 Å². The maximum Gasteiger partial charge on any atom is 0.501 e. The molecule has 0 aromatic rings. The molecule has 0 spiro atoms. The number of hydrogen-bond acceptors (Lipinski definition) is 26. The lowest BCUT2D eigenvalue weighted by atomic mass is 10.6. The monoisotopic (exact) mass is 1180 g/mol. The van der Waals surface area contributed by atoms with Crippen molar-refractivity contribution in [2.75, 3.05) is 292 Å². The molecule has 24 nitrogen and oxygen atoms in total. The standard InChI is InChI=1S/C48H102O24S2Si2/c1-49-9-15-55-21-27-61-33-39-67-75(68-40-34-62-28-22-56-16-10-50-2,69-41-35-63-29-23-57-17-11-51-3)47-7-45-73-74-46-8-48-76(70-42-36-64-30-24-58-18-12-52-4,71-43-37-65-31-25-59-19-13-53-5)72-44-38-66-32-26-60-20-14-54-6/h7-48H2,1-6H3. The summed E-state index contributed by atoms with van der Waals surface area (Å²) in [5.74, 6) is 1.65. The van der Waals surface area contributed by atoms with Gasteiger partial charge < -0.3 is 112 Å². The van der Waals surface area contributed by atoms with Crippen molar-refractivity contribution >= 4 is 39.2 Å². The van der Waals surface area contributed by atoms with Crippen molar-refractivity contribution in [2.24, 2.45) is 0 Å². The number of hydrogen-bond donors (Lipinski definition) is 0. The van der Waals surface area contributed by atoms with E-state index >= 15 is 0 Å². The summed E-state index contributed by atoms with van der Waals surface area (Å²) in [6.07, 6.45) is 1.56. The molecule has 0 aromatic carbocycles. The normalized spacial score (nSPS) is 12.2. The van der Waals surface area contributed by atoms with E-state index in [2.05, 4.69) is 0 Å². The smallest absolute Gasteiger partial charge is 0.382 e. The van der Waals surface area contributed by atoms with E-state index in [1.165, 1.54) is 0 Å². The van der Waals surface area contributed by atoms with Gasteiger partial charge in [-0.1, -0.05) is 21.6 Å². The first-order valence-corrected chi connectivity index (χ1v) is 32.9. The molecule has 0 unspecified atom stereocenters. The first-order valence-electron chi connectivity index (χ1n) is 26.5. The molecule has 0 amide bonds. The van der Waals surface area contributed by atoms with E-state index in [1.54, 1.807) is 64.2 Å². The lowest BCUT2D eigenvalue weighted by Gasteiger charge is -2.30. The largest absolute Gasteiger partial charge is 0.501 e. The topological polar surface area (TPSA) is 222 Å². The number of ether oxygens (including phenoxy) is 18. The minimum Gasteiger partial charge on any atom is -0.382 e. The molecule has 0 aliphatic carbocycles. The van der Waals surface area contributed by atoms with E-state index in [1.807, 2.05) is 0 Å². The van der Waals surface area contributed by atoms with Gasteiger partial charge in [0.25, 0.3) is 0 Å². The van der Waals surface area contributed by atoms with Crippen molar-refractivity contribution in [2.45, 2.75) is 24.9 Å². The summed E-state index contributed by atoms with van der Waals surface area (Å²) in [5, 5.41) is 0. The Morgan fingerprint density at radius 2 is 0.342 bits per heavy atom. The van der Waals surface area contributed by atoms with Crippen LogP contribution in [0.25, 0.3) is 0 Å². The fraction of sp³-hybridized carbons (Fsp3) is 1.00. The Balaban J connectivity index is 5.73. The second-order valence-corrected chi connectivity index (χ2v) is 23.8. The highest BCUT2D eigenvalue weighted by atomic mass is 33.1. The van der Waals surface area contributed by atoms with Crippen LogP contribution in [0.2, 0.25) is 12.1 Å². The molecule has 458 valence electrons. The molecule has 0 bridgehead atoms. The molecule has 0 aromatic heterocycles. The Bertz CT molecular complexity index is 910. The third-order valence-electron chi connectivity index (χ3n) is 9.63. The average Bonchev–Trinajstić information content (AvgIpc) is 3.43. The lowest BCUT2D eigenvalue weighted by Crippen LogP contribution is -2.48. The van der Waals surface area contributed by atoms with Crippen LogP contribution in [0.5, 0.6) is 0 Å². The molecule has 0 rings (SSSR count). The molecule has 0 aliphatic rings. The Hall–Kier alpha value is 0.174. The Morgan fingerprint density at radius 3 is 0.500 bits per heavy atom. The van der Waals surface area contributed by atoms with E-state index in [9.17, 15) is 0 Å². The third kappa shape index (κ3) is 54.7. The van der Waals surface area contributed by atoms with Crippen molar-refractivity contribution in [3.05, 3.63) is 0 Å². The molecule has 0 atom stereocenters. The van der Waals surface area contributed by atoms with Crippen LogP contribution in [0.3, 0.4) is 0 Å². The first-order chi connectivity index (χ1) is 37.6. The van der Waals surface area contributed by atoms with Gasteiger partial charge in [-0.2, -0.15) is 0 Å². The second-order valence-electron chi connectivity index (χ2n) is 15.6. The zero-order valence-corrected chi connectivity index (χ0v) is 50.9. The minimum absolute atomic E-state index is 0.284. The number of methoxy groups -OCH3 is 6. The molecule has 0 saturated heterocycles. The van der Waals surface area contributed by atoms with Crippen LogP contribution >= 0.6 is 21.6 Å². The van der Waals surface area contributed by atoms with Crippen molar-refractivity contribution in [1.82, 2.24) is 0 Å². The molecular formula is C48H102O24S2Si2. The van der Waals surface area contributed by atoms with Crippen LogP contribution in [-0.2, 0) is 112 Å². The Morgan fingerprint density at radius 1 is 0.197 bits per heavy atom. The van der Waals surface area contributed by atoms with Crippen LogP contribution in [0.15, 0.2) is 0 Å². The molecule has 76 heavy (non-hydrogen) atoms. The third-order valence-corrected chi connectivity index (χ3v) is 18.0. The molecule has 0 heterocycles. The Labute approximate surface area is 466 Å². The summed E-state index contributed by atoms with van der Waals surface area (Å²) in [5.41, 5.74) is 0. The summed E-state index contributed by atoms with van der Waals surface area (Å²) in [7, 11) is 6.88. The van der Waals surface area contributed by atoms with Gasteiger partial charge in [0.2, 0.25) is 0 Å². The van der Waals surface area contributed by atoms with Crippen LogP contribution in [0.4, 0.5) is 0 Å². The Kier molecular flexibility index (Phi) is 64.5. The quantitative estimate of drug-likeness (QED) is 0.0485. The summed E-state index contributed by atoms with van der Waals surface area (Å²) >= 11 is 0. The van der Waals surface area contributed by atoms with Crippen LogP contribution < -0.4 is 0 Å². The maximum absolute atomic E-state index is 6.53. The molecule has 0 aliphatic heterocycles. The van der Waals surface area contributed by atoms with Gasteiger partial charge in [0, 0.05) is 66.3 Å². The van der Waals surface area contributed by atoms with E-state index < -0.39 is 17.6 Å². The highest BCUT2D eigenvalue weighted by Gasteiger charge is 2.42. The van der Waals surface area contributed by atoms with Crippen molar-refractivity contribution in [1.29, 1.82) is 0 Å². The fourth-order valence-corrected chi connectivity index (χ4v) is 13.5. The van der Waals surface area contributed by atoms with Crippen molar-refractivity contribution in [3.8, 4) is 0 Å². The molecule has 0 radical (unpaired) electrons. The van der Waals surface area contributed by atoms with Crippen LogP contribution in [0.1, 0.15) is 12.8 Å². The highest BCUT2D eigenvalue weighted by Crippen LogP contribution is 2.29. The minimum atomic E-state index is -3.26. The summed E-state index contributed by atoms with van der Waals surface area (Å²) in [4.78, 5) is 0. The van der Waals surface area contributed by atoms with E-state index in [-0.39, 0.29) is 39.6 Å². The van der Waals surface area contributed by atoms with Crippen molar-refractivity contribution in [3.63, 3.8) is 0 Å². The number of rotatable bonds is 69. The molecular weight excluding hydrogens is 1080 g/mol. The maximum atomic E-state index is 6.53. The van der Waals surface area contributed by atoms with Crippen molar-refractivity contribution < 1.29 is 112 Å². The van der Waals surface area contributed by atoms with Gasteiger partial charge in [-0.15, -0.1) is 0 Å². The molecule has 0 fully saturated rings. The average molecular weight is 1180 g/mol.